The average molecular weight is 315 g/mol. The smallest absolute Gasteiger partial charge is 0.296 e. The van der Waals surface area contributed by atoms with Gasteiger partial charge >= 0.3 is 0 Å². The van der Waals surface area contributed by atoms with Crippen LogP contribution in [-0.4, -0.2) is 30.4 Å². The quantitative estimate of drug-likeness (QED) is 0.501. The predicted molar refractivity (Wildman–Crippen MR) is 81.0 cm³/mol. The summed E-state index contributed by atoms with van der Waals surface area (Å²) in [6.07, 6.45) is 0.460. The first-order valence-corrected chi connectivity index (χ1v) is 7.27. The molecule has 1 aromatic rings. The third-order valence-electron chi connectivity index (χ3n) is 4.35. The van der Waals surface area contributed by atoms with Crippen LogP contribution in [0.4, 0.5) is 10.1 Å². The molecule has 4 rings (SSSR count). The molecule has 0 spiro atoms. The number of guanidine groups is 1. The van der Waals surface area contributed by atoms with E-state index in [0.717, 1.165) is 0 Å². The van der Waals surface area contributed by atoms with Crippen molar-refractivity contribution in [2.45, 2.75) is 18.4 Å². The van der Waals surface area contributed by atoms with Gasteiger partial charge in [-0.2, -0.15) is 4.99 Å². The number of hydrogen-bond donors (Lipinski definition) is 4. The molecule has 8 heteroatoms. The second kappa shape index (κ2) is 4.80. The number of nitrogens with two attached hydrogens (primary N) is 1. The number of carbonyl (C=O) groups is 2. The molecule has 0 saturated carbocycles. The second-order valence-electron chi connectivity index (χ2n) is 5.70. The predicted octanol–water partition coefficient (Wildman–Crippen LogP) is -0.0781. The zero-order valence-corrected chi connectivity index (χ0v) is 12.0. The lowest BCUT2D eigenvalue weighted by atomic mass is 9.85. The molecule has 2 atom stereocenters. The third-order valence-corrected chi connectivity index (χ3v) is 4.35. The normalized spacial score (nSPS) is 29.0. The monoisotopic (exact) mass is 315 g/mol. The molecule has 0 bridgehead atoms. The molecule has 1 saturated heterocycles. The average Bonchev–Trinajstić information content (AvgIpc) is 2.98. The molecule has 1 aromatic carbocycles. The van der Waals surface area contributed by atoms with Crippen LogP contribution in [0.5, 0.6) is 0 Å². The van der Waals surface area contributed by atoms with E-state index in [2.05, 4.69) is 20.9 Å². The summed E-state index contributed by atoms with van der Waals surface area (Å²) in [7, 11) is 0. The number of amides is 2. The Kier molecular flexibility index (Phi) is 2.87. The number of benzene rings is 1. The number of fused-ring (bicyclic) bond motifs is 3. The fourth-order valence-corrected chi connectivity index (χ4v) is 3.42. The molecule has 1 fully saturated rings. The molecule has 5 N–H and O–H groups in total. The lowest BCUT2D eigenvalue weighted by molar-refractivity contribution is -0.121. The van der Waals surface area contributed by atoms with Gasteiger partial charge in [-0.1, -0.05) is 0 Å². The lowest BCUT2D eigenvalue weighted by Crippen LogP contribution is -2.38. The van der Waals surface area contributed by atoms with Crippen LogP contribution in [-0.2, 0) is 9.59 Å². The number of rotatable bonds is 0. The first-order valence-electron chi connectivity index (χ1n) is 7.27. The van der Waals surface area contributed by atoms with Gasteiger partial charge in [0.25, 0.3) is 5.91 Å². The van der Waals surface area contributed by atoms with Crippen molar-refractivity contribution in [3.63, 3.8) is 0 Å². The van der Waals surface area contributed by atoms with Crippen LogP contribution in [0, 0.1) is 5.82 Å². The Morgan fingerprint density at radius 3 is 2.87 bits per heavy atom. The highest BCUT2D eigenvalue weighted by molar-refractivity contribution is 6.10. The van der Waals surface area contributed by atoms with Gasteiger partial charge in [0, 0.05) is 18.2 Å². The molecule has 0 aliphatic carbocycles. The summed E-state index contributed by atoms with van der Waals surface area (Å²) in [5.74, 6) is -1.43. The summed E-state index contributed by atoms with van der Waals surface area (Å²) in [5, 5.41) is 8.69. The SMILES string of the molecule is NC1=NC(=O)/C(=C2\CCNC(=O)C3Nc4ccc(F)cc4C23)N1. The molecule has 3 aliphatic rings. The maximum absolute atomic E-state index is 13.7. The highest BCUT2D eigenvalue weighted by Gasteiger charge is 2.43. The minimum Gasteiger partial charge on any atom is -0.373 e. The molecule has 23 heavy (non-hydrogen) atoms. The summed E-state index contributed by atoms with van der Waals surface area (Å²) in [5.41, 5.74) is 7.92. The summed E-state index contributed by atoms with van der Waals surface area (Å²) < 4.78 is 13.7. The van der Waals surface area contributed by atoms with Gasteiger partial charge in [0.2, 0.25) is 11.9 Å². The van der Waals surface area contributed by atoms with E-state index in [1.54, 1.807) is 6.07 Å². The van der Waals surface area contributed by atoms with Gasteiger partial charge in [-0.15, -0.1) is 0 Å². The van der Waals surface area contributed by atoms with Crippen LogP contribution in [0.2, 0.25) is 0 Å². The van der Waals surface area contributed by atoms with Gasteiger partial charge < -0.3 is 21.7 Å². The van der Waals surface area contributed by atoms with Gasteiger partial charge in [-0.25, -0.2) is 4.39 Å². The second-order valence-corrected chi connectivity index (χ2v) is 5.70. The molecular formula is C15H14FN5O2. The topological polar surface area (TPSA) is 109 Å². The fourth-order valence-electron chi connectivity index (χ4n) is 3.42. The molecule has 118 valence electrons. The van der Waals surface area contributed by atoms with Crippen LogP contribution in [0.15, 0.2) is 34.5 Å². The minimum absolute atomic E-state index is 0.0306. The standard InChI is InChI=1S/C15H14FN5O2/c16-6-1-2-9-8(5-6)10-7(11-14(23)21-15(17)20-11)3-4-18-13(22)12(10)19-9/h1-2,5,10,12,19H,3-4H2,(H,18,22)(H3,17,20,21,23)/b11-7-. The number of nitrogens with zero attached hydrogens (tertiary/aromatic N) is 1. The number of nitrogens with one attached hydrogen (secondary N) is 3. The minimum atomic E-state index is -0.590. The van der Waals surface area contributed by atoms with Gasteiger partial charge in [0.05, 0.1) is 0 Å². The molecule has 2 amide bonds. The Morgan fingerprint density at radius 1 is 1.30 bits per heavy atom. The number of carbonyl (C=O) groups excluding carboxylic acids is 2. The van der Waals surface area contributed by atoms with Crippen molar-refractivity contribution < 1.29 is 14.0 Å². The fraction of sp³-hybridized carbons (Fsp3) is 0.267. The van der Waals surface area contributed by atoms with Gasteiger partial charge in [0.15, 0.2) is 0 Å². The van der Waals surface area contributed by atoms with E-state index in [-0.39, 0.29) is 23.4 Å². The number of hydrogen-bond acceptors (Lipinski definition) is 5. The highest BCUT2D eigenvalue weighted by Crippen LogP contribution is 2.44. The summed E-state index contributed by atoms with van der Waals surface area (Å²) in [4.78, 5) is 28.0. The number of halogens is 1. The Hall–Kier alpha value is -2.90. The van der Waals surface area contributed by atoms with Gasteiger partial charge in [-0.3, -0.25) is 9.59 Å². The molecule has 0 aromatic heterocycles. The molecule has 2 unspecified atom stereocenters. The zero-order chi connectivity index (χ0) is 16.1. The first-order chi connectivity index (χ1) is 11.0. The van der Waals surface area contributed by atoms with Crippen LogP contribution < -0.4 is 21.7 Å². The number of aliphatic imine (C=N–C) groups is 1. The van der Waals surface area contributed by atoms with Gasteiger partial charge in [-0.05, 0) is 35.8 Å². The van der Waals surface area contributed by atoms with Crippen LogP contribution >= 0.6 is 0 Å². The van der Waals surface area contributed by atoms with Crippen molar-refractivity contribution in [3.05, 3.63) is 40.8 Å². The molecule has 3 aliphatic heterocycles. The van der Waals surface area contributed by atoms with Crippen molar-refractivity contribution in [3.8, 4) is 0 Å². The van der Waals surface area contributed by atoms with Crippen molar-refractivity contribution in [1.82, 2.24) is 10.6 Å². The van der Waals surface area contributed by atoms with E-state index >= 15 is 0 Å². The highest BCUT2D eigenvalue weighted by atomic mass is 19.1. The van der Waals surface area contributed by atoms with Crippen molar-refractivity contribution in [2.75, 3.05) is 11.9 Å². The van der Waals surface area contributed by atoms with Crippen LogP contribution in [0.3, 0.4) is 0 Å². The van der Waals surface area contributed by atoms with E-state index in [1.165, 1.54) is 12.1 Å². The Bertz CT molecular complexity index is 801. The van der Waals surface area contributed by atoms with Crippen LogP contribution in [0.25, 0.3) is 0 Å². The van der Waals surface area contributed by atoms with Crippen molar-refractivity contribution >= 4 is 23.5 Å². The third kappa shape index (κ3) is 2.06. The maximum atomic E-state index is 13.7. The van der Waals surface area contributed by atoms with Crippen LogP contribution in [0.1, 0.15) is 17.9 Å². The Labute approximate surface area is 130 Å². The zero-order valence-electron chi connectivity index (χ0n) is 12.0. The maximum Gasteiger partial charge on any atom is 0.296 e. The van der Waals surface area contributed by atoms with Crippen molar-refractivity contribution in [1.29, 1.82) is 0 Å². The molecule has 0 radical (unpaired) electrons. The molecule has 7 nitrogen and oxygen atoms in total. The Morgan fingerprint density at radius 2 is 2.13 bits per heavy atom. The largest absolute Gasteiger partial charge is 0.373 e. The first kappa shape index (κ1) is 13.7. The van der Waals surface area contributed by atoms with Crippen molar-refractivity contribution in [2.24, 2.45) is 10.7 Å². The summed E-state index contributed by atoms with van der Waals surface area (Å²) >= 11 is 0. The molecular weight excluding hydrogens is 301 g/mol. The number of anilines is 1. The van der Waals surface area contributed by atoms with E-state index in [1.807, 2.05) is 0 Å². The Balaban J connectivity index is 1.88. The van der Waals surface area contributed by atoms with E-state index in [9.17, 15) is 14.0 Å². The van der Waals surface area contributed by atoms with E-state index in [4.69, 9.17) is 5.73 Å². The van der Waals surface area contributed by atoms with Gasteiger partial charge in [0.1, 0.15) is 17.6 Å². The summed E-state index contributed by atoms with van der Waals surface area (Å²) in [6, 6.07) is 3.74. The van der Waals surface area contributed by atoms with E-state index in [0.29, 0.717) is 29.8 Å². The lowest BCUT2D eigenvalue weighted by Gasteiger charge is -2.19. The van der Waals surface area contributed by atoms with E-state index < -0.39 is 17.9 Å². The summed E-state index contributed by atoms with van der Waals surface area (Å²) in [6.45, 7) is 0.395. The molecule has 3 heterocycles.